The van der Waals surface area contributed by atoms with Crippen molar-refractivity contribution < 1.29 is 13.2 Å². The van der Waals surface area contributed by atoms with Gasteiger partial charge in [-0.05, 0) is 35.9 Å². The van der Waals surface area contributed by atoms with Crippen molar-refractivity contribution in [2.45, 2.75) is 11.4 Å². The molecule has 2 aromatic heterocycles. The van der Waals surface area contributed by atoms with Crippen molar-refractivity contribution in [1.29, 1.82) is 0 Å². The summed E-state index contributed by atoms with van der Waals surface area (Å²) in [5.41, 5.74) is 1.38. The van der Waals surface area contributed by atoms with Crippen LogP contribution in [0.4, 0.5) is 16.3 Å². The highest BCUT2D eigenvalue weighted by molar-refractivity contribution is 7.89. The number of carbonyl (C=O) groups excluding carboxylic acids is 1. The summed E-state index contributed by atoms with van der Waals surface area (Å²) in [7, 11) is -3.62. The fourth-order valence-electron chi connectivity index (χ4n) is 3.33. The van der Waals surface area contributed by atoms with Crippen LogP contribution in [-0.2, 0) is 16.6 Å². The summed E-state index contributed by atoms with van der Waals surface area (Å²) in [5, 5.41) is 5.43. The largest absolute Gasteiger partial charge is 0.353 e. The van der Waals surface area contributed by atoms with Crippen molar-refractivity contribution in [3.63, 3.8) is 0 Å². The lowest BCUT2D eigenvalue weighted by Gasteiger charge is -2.34. The standard InChI is InChI=1S/C21H23N7O3S/c29-21(25-15-17-2-1-7-22-14-17)26-18-3-5-19(6-4-18)32(30,31)28-12-10-27(11-13-28)20-16-23-8-9-24-20/h1-9,14,16H,10-13,15H2,(H2,25,26,29). The van der Waals surface area contributed by atoms with Gasteiger partial charge in [0.25, 0.3) is 0 Å². The average Bonchev–Trinajstić information content (AvgIpc) is 2.84. The minimum Gasteiger partial charge on any atom is -0.353 e. The molecule has 166 valence electrons. The maximum absolute atomic E-state index is 13.0. The van der Waals surface area contributed by atoms with E-state index in [1.807, 2.05) is 11.0 Å². The number of pyridine rings is 1. The van der Waals surface area contributed by atoms with Crippen LogP contribution in [-0.4, -0.2) is 59.9 Å². The van der Waals surface area contributed by atoms with Gasteiger partial charge in [-0.3, -0.25) is 9.97 Å². The summed E-state index contributed by atoms with van der Waals surface area (Å²) >= 11 is 0. The Balaban J connectivity index is 1.32. The average molecular weight is 454 g/mol. The van der Waals surface area contributed by atoms with Crippen LogP contribution in [0.15, 0.2) is 72.3 Å². The summed E-state index contributed by atoms with van der Waals surface area (Å²) < 4.78 is 27.5. The second-order valence-corrected chi connectivity index (χ2v) is 9.09. The molecule has 10 nitrogen and oxygen atoms in total. The second-order valence-electron chi connectivity index (χ2n) is 7.15. The zero-order valence-corrected chi connectivity index (χ0v) is 18.1. The predicted molar refractivity (Wildman–Crippen MR) is 120 cm³/mol. The van der Waals surface area contributed by atoms with Crippen molar-refractivity contribution in [2.75, 3.05) is 36.4 Å². The van der Waals surface area contributed by atoms with Crippen LogP contribution in [0.3, 0.4) is 0 Å². The molecule has 1 aliphatic rings. The summed E-state index contributed by atoms with van der Waals surface area (Å²) in [5.74, 6) is 0.738. The van der Waals surface area contributed by atoms with Crippen LogP contribution in [0, 0.1) is 0 Å². The number of urea groups is 1. The number of sulfonamides is 1. The van der Waals surface area contributed by atoms with Crippen LogP contribution in [0.1, 0.15) is 5.56 Å². The second kappa shape index (κ2) is 9.71. The van der Waals surface area contributed by atoms with Gasteiger partial charge in [0, 0.05) is 63.2 Å². The molecule has 0 unspecified atom stereocenters. The highest BCUT2D eigenvalue weighted by atomic mass is 32.2. The molecule has 0 radical (unpaired) electrons. The van der Waals surface area contributed by atoms with Crippen LogP contribution >= 0.6 is 0 Å². The van der Waals surface area contributed by atoms with Crippen LogP contribution < -0.4 is 15.5 Å². The van der Waals surface area contributed by atoms with Crippen LogP contribution in [0.5, 0.6) is 0 Å². The fourth-order valence-corrected chi connectivity index (χ4v) is 4.75. The monoisotopic (exact) mass is 453 g/mol. The Labute approximate surface area is 186 Å². The number of carbonyl (C=O) groups is 1. The van der Waals surface area contributed by atoms with Gasteiger partial charge in [-0.25, -0.2) is 18.2 Å². The Morgan fingerprint density at radius 3 is 2.34 bits per heavy atom. The molecule has 0 spiro atoms. The molecule has 4 rings (SSSR count). The van der Waals surface area contributed by atoms with E-state index in [1.54, 1.807) is 49.2 Å². The van der Waals surface area contributed by atoms with E-state index in [2.05, 4.69) is 25.6 Å². The molecular weight excluding hydrogens is 430 g/mol. The molecule has 1 aromatic carbocycles. The first kappa shape index (κ1) is 21.7. The first-order valence-electron chi connectivity index (χ1n) is 10.1. The number of nitrogens with one attached hydrogen (secondary N) is 2. The molecule has 1 aliphatic heterocycles. The fraction of sp³-hybridized carbons (Fsp3) is 0.238. The van der Waals surface area contributed by atoms with Crippen molar-refractivity contribution in [2.24, 2.45) is 0 Å². The van der Waals surface area contributed by atoms with Gasteiger partial charge in [0.1, 0.15) is 5.82 Å². The lowest BCUT2D eigenvalue weighted by atomic mass is 10.3. The molecular formula is C21H23N7O3S. The maximum Gasteiger partial charge on any atom is 0.319 e. The third-order valence-corrected chi connectivity index (χ3v) is 6.95. The number of aromatic nitrogens is 3. The number of benzene rings is 1. The van der Waals surface area contributed by atoms with E-state index >= 15 is 0 Å². The Bertz CT molecular complexity index is 1140. The summed E-state index contributed by atoms with van der Waals surface area (Å²) in [6.45, 7) is 2.13. The van der Waals surface area contributed by atoms with Gasteiger partial charge in [0.05, 0.1) is 11.1 Å². The number of nitrogens with zero attached hydrogens (tertiary/aromatic N) is 5. The third-order valence-electron chi connectivity index (χ3n) is 5.04. The molecule has 3 aromatic rings. The molecule has 2 amide bonds. The van der Waals surface area contributed by atoms with Crippen molar-refractivity contribution in [3.8, 4) is 0 Å². The highest BCUT2D eigenvalue weighted by Crippen LogP contribution is 2.21. The van der Waals surface area contributed by atoms with Crippen molar-refractivity contribution in [3.05, 3.63) is 72.9 Å². The van der Waals surface area contributed by atoms with Gasteiger partial charge in [0.2, 0.25) is 10.0 Å². The zero-order chi connectivity index (χ0) is 22.4. The minimum atomic E-state index is -3.62. The summed E-state index contributed by atoms with van der Waals surface area (Å²) in [6, 6.07) is 9.43. The van der Waals surface area contributed by atoms with Gasteiger partial charge in [-0.15, -0.1) is 0 Å². The zero-order valence-electron chi connectivity index (χ0n) is 17.3. The highest BCUT2D eigenvalue weighted by Gasteiger charge is 2.29. The third kappa shape index (κ3) is 5.18. The lowest BCUT2D eigenvalue weighted by Crippen LogP contribution is -2.48. The molecule has 32 heavy (non-hydrogen) atoms. The van der Waals surface area contributed by atoms with E-state index in [0.29, 0.717) is 38.4 Å². The number of anilines is 2. The molecule has 2 N–H and O–H groups in total. The van der Waals surface area contributed by atoms with Gasteiger partial charge in [-0.1, -0.05) is 6.07 Å². The number of rotatable bonds is 6. The van der Waals surface area contributed by atoms with E-state index < -0.39 is 10.0 Å². The Hall–Kier alpha value is -3.57. The first-order valence-corrected chi connectivity index (χ1v) is 11.5. The van der Waals surface area contributed by atoms with Gasteiger partial charge >= 0.3 is 6.03 Å². The Morgan fingerprint density at radius 2 is 1.69 bits per heavy atom. The molecule has 0 saturated carbocycles. The first-order chi connectivity index (χ1) is 15.5. The summed E-state index contributed by atoms with van der Waals surface area (Å²) in [4.78, 5) is 26.6. The van der Waals surface area contributed by atoms with E-state index in [9.17, 15) is 13.2 Å². The van der Waals surface area contributed by atoms with E-state index in [-0.39, 0.29) is 10.9 Å². The van der Waals surface area contributed by atoms with E-state index in [1.165, 1.54) is 16.4 Å². The number of piperazine rings is 1. The maximum atomic E-state index is 13.0. The number of hydrogen-bond donors (Lipinski definition) is 2. The molecule has 11 heteroatoms. The van der Waals surface area contributed by atoms with Crippen LogP contribution in [0.2, 0.25) is 0 Å². The van der Waals surface area contributed by atoms with Gasteiger partial charge in [-0.2, -0.15) is 4.31 Å². The quantitative estimate of drug-likeness (QED) is 0.583. The van der Waals surface area contributed by atoms with Crippen molar-refractivity contribution in [1.82, 2.24) is 24.6 Å². The minimum absolute atomic E-state index is 0.187. The lowest BCUT2D eigenvalue weighted by molar-refractivity contribution is 0.251. The van der Waals surface area contributed by atoms with Gasteiger partial charge < -0.3 is 15.5 Å². The summed E-state index contributed by atoms with van der Waals surface area (Å²) in [6.07, 6.45) is 8.23. The smallest absolute Gasteiger partial charge is 0.319 e. The van der Waals surface area contributed by atoms with E-state index in [0.717, 1.165) is 11.4 Å². The molecule has 0 aliphatic carbocycles. The van der Waals surface area contributed by atoms with Crippen molar-refractivity contribution >= 4 is 27.6 Å². The molecule has 0 bridgehead atoms. The Kier molecular flexibility index (Phi) is 6.57. The molecule has 3 heterocycles. The predicted octanol–water partition coefficient (Wildman–Crippen LogP) is 1.70. The van der Waals surface area contributed by atoms with Gasteiger partial charge in [0.15, 0.2) is 0 Å². The molecule has 1 saturated heterocycles. The van der Waals surface area contributed by atoms with E-state index in [4.69, 9.17) is 0 Å². The molecule has 0 atom stereocenters. The number of amides is 2. The molecule has 1 fully saturated rings. The van der Waals surface area contributed by atoms with Crippen LogP contribution in [0.25, 0.3) is 0 Å². The topological polar surface area (TPSA) is 120 Å². The Morgan fingerprint density at radius 1 is 0.938 bits per heavy atom. The number of hydrogen-bond acceptors (Lipinski definition) is 7. The SMILES string of the molecule is O=C(NCc1cccnc1)Nc1ccc(S(=O)(=O)N2CCN(c3cnccn3)CC2)cc1. The normalized spacial score (nSPS) is 14.7.